The zero-order chi connectivity index (χ0) is 15.7. The number of nitrogens with zero attached hydrogens (tertiary/aromatic N) is 1. The van der Waals surface area contributed by atoms with Gasteiger partial charge < -0.3 is 16.0 Å². The fourth-order valence-corrected chi connectivity index (χ4v) is 2.11. The van der Waals surface area contributed by atoms with E-state index in [0.29, 0.717) is 19.4 Å². The molecule has 5 nitrogen and oxygen atoms in total. The summed E-state index contributed by atoms with van der Waals surface area (Å²) in [4.78, 5) is 25.5. The Balaban J connectivity index is 0.00000441. The molecule has 1 atom stereocenters. The maximum atomic E-state index is 11.9. The van der Waals surface area contributed by atoms with Gasteiger partial charge in [0, 0.05) is 26.1 Å². The lowest BCUT2D eigenvalue weighted by Gasteiger charge is -2.18. The summed E-state index contributed by atoms with van der Waals surface area (Å²) in [5.41, 5.74) is 6.67. The summed E-state index contributed by atoms with van der Waals surface area (Å²) in [7, 11) is 0. The number of hydrogen-bond acceptors (Lipinski definition) is 3. The lowest BCUT2D eigenvalue weighted by atomic mass is 10.1. The van der Waals surface area contributed by atoms with Crippen molar-refractivity contribution in [2.75, 3.05) is 19.6 Å². The Morgan fingerprint density at radius 1 is 1.18 bits per heavy atom. The van der Waals surface area contributed by atoms with Crippen LogP contribution in [0.15, 0.2) is 30.3 Å². The van der Waals surface area contributed by atoms with E-state index in [1.54, 1.807) is 4.90 Å². The van der Waals surface area contributed by atoms with E-state index in [0.717, 1.165) is 18.7 Å². The average Bonchev–Trinajstić information content (AvgIpc) is 2.52. The molecule has 0 spiro atoms. The second-order valence-corrected chi connectivity index (χ2v) is 4.85. The van der Waals surface area contributed by atoms with Gasteiger partial charge in [-0.2, -0.15) is 0 Å². The molecule has 0 aromatic heterocycles. The van der Waals surface area contributed by atoms with E-state index in [2.05, 4.69) is 5.32 Å². The Labute approximate surface area is 138 Å². The number of carbonyl (C=O) groups excluding carboxylic acids is 2. The topological polar surface area (TPSA) is 75.4 Å². The highest BCUT2D eigenvalue weighted by Gasteiger charge is 2.15. The molecule has 1 aromatic carbocycles. The Morgan fingerprint density at radius 2 is 1.77 bits per heavy atom. The third kappa shape index (κ3) is 6.45. The van der Waals surface area contributed by atoms with Crippen molar-refractivity contribution in [2.24, 2.45) is 5.73 Å². The molecule has 0 aliphatic rings. The Kier molecular flexibility index (Phi) is 10.2. The van der Waals surface area contributed by atoms with Gasteiger partial charge >= 0.3 is 0 Å². The standard InChI is InChI=1S/C16H25N3O2.ClH/c1-3-19(4-2)14(20)11-8-12-18-16(21)15(17)13-9-6-5-7-10-13;/h5-7,9-10,15H,3-4,8,11-12,17H2,1-2H3,(H,18,21);1H. The monoisotopic (exact) mass is 327 g/mol. The Morgan fingerprint density at radius 3 is 2.32 bits per heavy atom. The smallest absolute Gasteiger partial charge is 0.241 e. The molecule has 22 heavy (non-hydrogen) atoms. The van der Waals surface area contributed by atoms with Gasteiger partial charge in [-0.1, -0.05) is 30.3 Å². The van der Waals surface area contributed by atoms with E-state index in [-0.39, 0.29) is 24.2 Å². The van der Waals surface area contributed by atoms with Gasteiger partial charge in [0.05, 0.1) is 0 Å². The van der Waals surface area contributed by atoms with Gasteiger partial charge in [0.15, 0.2) is 0 Å². The van der Waals surface area contributed by atoms with Crippen molar-refractivity contribution in [1.82, 2.24) is 10.2 Å². The van der Waals surface area contributed by atoms with Gasteiger partial charge in [-0.05, 0) is 25.8 Å². The number of nitrogens with one attached hydrogen (secondary N) is 1. The largest absolute Gasteiger partial charge is 0.354 e. The summed E-state index contributed by atoms with van der Waals surface area (Å²) in [5.74, 6) is -0.0851. The number of hydrogen-bond donors (Lipinski definition) is 2. The molecule has 0 bridgehead atoms. The second-order valence-electron chi connectivity index (χ2n) is 4.85. The van der Waals surface area contributed by atoms with Crippen LogP contribution in [0.25, 0.3) is 0 Å². The second kappa shape index (κ2) is 11.0. The fraction of sp³-hybridized carbons (Fsp3) is 0.500. The first-order valence-electron chi connectivity index (χ1n) is 7.46. The van der Waals surface area contributed by atoms with Crippen LogP contribution in [0, 0.1) is 0 Å². The van der Waals surface area contributed by atoms with E-state index in [1.165, 1.54) is 0 Å². The normalized spacial score (nSPS) is 11.2. The van der Waals surface area contributed by atoms with Gasteiger partial charge in [0.25, 0.3) is 0 Å². The van der Waals surface area contributed by atoms with Crippen LogP contribution < -0.4 is 11.1 Å². The Hall–Kier alpha value is -1.59. The Bertz CT molecular complexity index is 450. The predicted octanol–water partition coefficient (Wildman–Crippen LogP) is 1.87. The molecule has 0 aliphatic heterocycles. The lowest BCUT2D eigenvalue weighted by Crippen LogP contribution is -2.35. The van der Waals surface area contributed by atoms with Crippen LogP contribution >= 0.6 is 12.4 Å². The zero-order valence-electron chi connectivity index (χ0n) is 13.2. The maximum Gasteiger partial charge on any atom is 0.241 e. The molecule has 1 aromatic rings. The van der Waals surface area contributed by atoms with Crippen LogP contribution in [0.3, 0.4) is 0 Å². The molecule has 0 heterocycles. The molecule has 6 heteroatoms. The summed E-state index contributed by atoms with van der Waals surface area (Å²) in [6.07, 6.45) is 1.07. The molecule has 1 unspecified atom stereocenters. The molecule has 1 rings (SSSR count). The van der Waals surface area contributed by atoms with Gasteiger partial charge in [-0.25, -0.2) is 0 Å². The summed E-state index contributed by atoms with van der Waals surface area (Å²) in [6, 6.07) is 8.58. The SMILES string of the molecule is CCN(CC)C(=O)CCCNC(=O)C(N)c1ccccc1.Cl. The number of halogens is 1. The first kappa shape index (κ1) is 20.4. The van der Waals surface area contributed by atoms with Crippen molar-refractivity contribution in [1.29, 1.82) is 0 Å². The molecule has 0 saturated heterocycles. The fourth-order valence-electron chi connectivity index (χ4n) is 2.11. The van der Waals surface area contributed by atoms with Crippen molar-refractivity contribution in [3.8, 4) is 0 Å². The third-order valence-electron chi connectivity index (χ3n) is 3.42. The molecule has 0 saturated carbocycles. The van der Waals surface area contributed by atoms with Gasteiger partial charge in [-0.3, -0.25) is 9.59 Å². The first-order valence-corrected chi connectivity index (χ1v) is 7.46. The van der Waals surface area contributed by atoms with Crippen molar-refractivity contribution in [3.05, 3.63) is 35.9 Å². The number of carbonyl (C=O) groups is 2. The van der Waals surface area contributed by atoms with Crippen LogP contribution in [-0.2, 0) is 9.59 Å². The van der Waals surface area contributed by atoms with Crippen LogP contribution in [0.2, 0.25) is 0 Å². The van der Waals surface area contributed by atoms with E-state index < -0.39 is 6.04 Å². The quantitative estimate of drug-likeness (QED) is 0.716. The van der Waals surface area contributed by atoms with Crippen molar-refractivity contribution < 1.29 is 9.59 Å². The minimum Gasteiger partial charge on any atom is -0.354 e. The third-order valence-corrected chi connectivity index (χ3v) is 3.42. The highest BCUT2D eigenvalue weighted by molar-refractivity contribution is 5.85. The summed E-state index contributed by atoms with van der Waals surface area (Å²) in [6.45, 7) is 5.83. The number of nitrogens with two attached hydrogens (primary N) is 1. The molecule has 0 radical (unpaired) electrons. The van der Waals surface area contributed by atoms with Gasteiger partial charge in [0.2, 0.25) is 11.8 Å². The first-order chi connectivity index (χ1) is 10.1. The molecule has 0 fully saturated rings. The van der Waals surface area contributed by atoms with Crippen LogP contribution in [-0.4, -0.2) is 36.3 Å². The maximum absolute atomic E-state index is 11.9. The van der Waals surface area contributed by atoms with Crippen molar-refractivity contribution in [3.63, 3.8) is 0 Å². The average molecular weight is 328 g/mol. The van der Waals surface area contributed by atoms with E-state index in [9.17, 15) is 9.59 Å². The summed E-state index contributed by atoms with van der Waals surface area (Å²) < 4.78 is 0. The number of rotatable bonds is 8. The van der Waals surface area contributed by atoms with Crippen molar-refractivity contribution in [2.45, 2.75) is 32.7 Å². The van der Waals surface area contributed by atoms with E-state index in [4.69, 9.17) is 5.73 Å². The van der Waals surface area contributed by atoms with E-state index in [1.807, 2.05) is 44.2 Å². The highest BCUT2D eigenvalue weighted by atomic mass is 35.5. The molecular weight excluding hydrogens is 302 g/mol. The predicted molar refractivity (Wildman–Crippen MR) is 90.8 cm³/mol. The van der Waals surface area contributed by atoms with Gasteiger partial charge in [0.1, 0.15) is 6.04 Å². The van der Waals surface area contributed by atoms with Crippen LogP contribution in [0.1, 0.15) is 38.3 Å². The van der Waals surface area contributed by atoms with Crippen LogP contribution in [0.5, 0.6) is 0 Å². The van der Waals surface area contributed by atoms with Crippen LogP contribution in [0.4, 0.5) is 0 Å². The molecule has 3 N–H and O–H groups in total. The molecule has 124 valence electrons. The van der Waals surface area contributed by atoms with E-state index >= 15 is 0 Å². The van der Waals surface area contributed by atoms with Crippen molar-refractivity contribution >= 4 is 24.2 Å². The zero-order valence-corrected chi connectivity index (χ0v) is 14.1. The molecule has 0 aliphatic carbocycles. The summed E-state index contributed by atoms with van der Waals surface area (Å²) >= 11 is 0. The highest BCUT2D eigenvalue weighted by Crippen LogP contribution is 2.09. The minimum atomic E-state index is -0.662. The summed E-state index contributed by atoms with van der Waals surface area (Å²) in [5, 5.41) is 2.78. The lowest BCUT2D eigenvalue weighted by molar-refractivity contribution is -0.131. The number of amides is 2. The van der Waals surface area contributed by atoms with Gasteiger partial charge in [-0.15, -0.1) is 12.4 Å². The molecule has 2 amide bonds. The minimum absolute atomic E-state index is 0. The molecular formula is C16H26ClN3O2. The number of benzene rings is 1.